The summed E-state index contributed by atoms with van der Waals surface area (Å²) >= 11 is 0. The van der Waals surface area contributed by atoms with Crippen molar-refractivity contribution >= 4 is 35.0 Å². The van der Waals surface area contributed by atoms with Crippen LogP contribution in [0.2, 0.25) is 0 Å². The van der Waals surface area contributed by atoms with Crippen molar-refractivity contribution in [2.45, 2.75) is 70.0 Å². The number of imidazole rings is 2. The second kappa shape index (κ2) is 15.1. The van der Waals surface area contributed by atoms with Crippen LogP contribution in [0.25, 0.3) is 44.5 Å². The van der Waals surface area contributed by atoms with Gasteiger partial charge in [0, 0.05) is 29.3 Å². The topological polar surface area (TPSA) is 175 Å². The first-order valence-corrected chi connectivity index (χ1v) is 20.3. The van der Waals surface area contributed by atoms with Crippen molar-refractivity contribution in [1.82, 2.24) is 40.4 Å². The molecule has 1 saturated heterocycles. The first kappa shape index (κ1) is 39.2. The van der Waals surface area contributed by atoms with E-state index in [0.29, 0.717) is 51.7 Å². The highest BCUT2D eigenvalue weighted by Crippen LogP contribution is 2.53. The minimum atomic E-state index is -3.28. The van der Waals surface area contributed by atoms with Crippen LogP contribution in [0.5, 0.6) is 0 Å². The highest BCUT2D eigenvalue weighted by Gasteiger charge is 2.48. The number of rotatable bonds is 11. The summed E-state index contributed by atoms with van der Waals surface area (Å²) in [4.78, 5) is 69.4. The lowest BCUT2D eigenvalue weighted by atomic mass is 9.87. The van der Waals surface area contributed by atoms with Crippen molar-refractivity contribution in [3.63, 3.8) is 0 Å². The Kier molecular flexibility index (Phi) is 9.82. The van der Waals surface area contributed by atoms with Gasteiger partial charge in [0.25, 0.3) is 5.92 Å². The highest BCUT2D eigenvalue weighted by molar-refractivity contribution is 5.88. The maximum atomic E-state index is 16.5. The number of nitrogens with zero attached hydrogens (tertiary/aromatic N) is 4. The number of hydrogen-bond acceptors (Lipinski definition) is 8. The summed E-state index contributed by atoms with van der Waals surface area (Å²) in [7, 11) is 2.49. The molecule has 3 heterocycles. The van der Waals surface area contributed by atoms with Gasteiger partial charge >= 0.3 is 12.2 Å². The molecule has 4 aliphatic rings. The number of carbonyl (C=O) groups is 4. The Bertz CT molecular complexity index is 2530. The zero-order valence-electron chi connectivity index (χ0n) is 33.6. The maximum Gasteiger partial charge on any atom is 0.407 e. The fourth-order valence-electron chi connectivity index (χ4n) is 9.31. The SMILES string of the molecule is COC(=O)NCC(=O)N(Cc1ncc(-c2ccc3c(c2)C(F)(F)c2cc(-c4ccc5nc([C@@H]6C7CCCC(C7)N6C(=O)CNC(=O)OC)[nH]c5c4)ccc2-3)[nH]1)CC1(C)CC1. The number of likely N-dealkylation sites (tertiary alicyclic amines) is 1. The number of H-pyrrole nitrogens is 2. The molecule has 3 atom stereocenters. The van der Waals surface area contributed by atoms with Gasteiger partial charge in [-0.15, -0.1) is 0 Å². The Morgan fingerprint density at radius 2 is 1.55 bits per heavy atom. The average Bonchev–Trinajstić information content (AvgIpc) is 3.55. The second-order valence-electron chi connectivity index (χ2n) is 16.8. The highest BCUT2D eigenvalue weighted by atomic mass is 19.3. The summed E-state index contributed by atoms with van der Waals surface area (Å²) in [6, 6.07) is 15.6. The lowest BCUT2D eigenvalue weighted by Crippen LogP contribution is -2.43. The number of fused-ring (bicyclic) bond motifs is 6. The molecule has 60 heavy (non-hydrogen) atoms. The number of hydrogen-bond donors (Lipinski definition) is 4. The van der Waals surface area contributed by atoms with Gasteiger partial charge in [-0.1, -0.05) is 43.7 Å². The first-order chi connectivity index (χ1) is 28.8. The molecule has 9 rings (SSSR count). The van der Waals surface area contributed by atoms with E-state index >= 15 is 8.78 Å². The van der Waals surface area contributed by atoms with E-state index in [2.05, 4.69) is 42.0 Å². The van der Waals surface area contributed by atoms with Gasteiger partial charge < -0.3 is 39.9 Å². The normalized spacial score (nSPS) is 20.3. The molecule has 3 fully saturated rings. The molecule has 4 amide bonds. The Morgan fingerprint density at radius 3 is 2.27 bits per heavy atom. The van der Waals surface area contributed by atoms with Crippen LogP contribution in [-0.2, 0) is 31.5 Å². The van der Waals surface area contributed by atoms with E-state index in [9.17, 15) is 19.2 Å². The molecule has 14 nitrogen and oxygen atoms in total. The molecule has 2 aromatic heterocycles. The summed E-state index contributed by atoms with van der Waals surface area (Å²) in [5.74, 6) is -2.36. The summed E-state index contributed by atoms with van der Waals surface area (Å²) in [5.41, 5.74) is 4.60. The number of aromatic nitrogens is 4. The smallest absolute Gasteiger partial charge is 0.407 e. The van der Waals surface area contributed by atoms with Crippen molar-refractivity contribution in [1.29, 1.82) is 0 Å². The third-order valence-electron chi connectivity index (χ3n) is 12.7. The number of amides is 4. The number of carbonyl (C=O) groups excluding carboxylic acids is 4. The van der Waals surface area contributed by atoms with Crippen LogP contribution in [-0.4, -0.2) is 93.6 Å². The number of alkyl halides is 2. The van der Waals surface area contributed by atoms with Crippen LogP contribution in [0.4, 0.5) is 18.4 Å². The third-order valence-corrected chi connectivity index (χ3v) is 12.7. The molecular formula is C44H46F2N8O6. The molecule has 3 aliphatic carbocycles. The van der Waals surface area contributed by atoms with Crippen LogP contribution in [0.15, 0.2) is 60.8 Å². The van der Waals surface area contributed by atoms with Gasteiger partial charge in [0.2, 0.25) is 11.8 Å². The Morgan fingerprint density at radius 1 is 0.883 bits per heavy atom. The van der Waals surface area contributed by atoms with Gasteiger partial charge in [0.15, 0.2) is 0 Å². The van der Waals surface area contributed by atoms with Crippen LogP contribution in [0, 0.1) is 11.3 Å². The Labute approximate surface area is 344 Å². The molecule has 2 bridgehead atoms. The van der Waals surface area contributed by atoms with E-state index in [1.165, 1.54) is 20.3 Å². The lowest BCUT2D eigenvalue weighted by Gasteiger charge is -2.29. The molecule has 3 aromatic carbocycles. The van der Waals surface area contributed by atoms with E-state index in [0.717, 1.165) is 49.6 Å². The molecule has 2 saturated carbocycles. The molecule has 5 aromatic rings. The number of alkyl carbamates (subject to hydrolysis) is 2. The Balaban J connectivity index is 0.939. The molecule has 0 radical (unpaired) electrons. The predicted molar refractivity (Wildman–Crippen MR) is 216 cm³/mol. The van der Waals surface area contributed by atoms with Crippen LogP contribution < -0.4 is 10.6 Å². The number of ether oxygens (including phenoxy) is 2. The second-order valence-corrected chi connectivity index (χ2v) is 16.8. The maximum absolute atomic E-state index is 16.5. The van der Waals surface area contributed by atoms with E-state index in [4.69, 9.17) is 4.98 Å². The zero-order valence-corrected chi connectivity index (χ0v) is 33.6. The predicted octanol–water partition coefficient (Wildman–Crippen LogP) is 7.02. The lowest BCUT2D eigenvalue weighted by molar-refractivity contribution is -0.133. The standard InChI is InChI=1S/C44H46F2N8O6/c1-43(13-14-43)23-53(37(55)20-48-41(57)59-2)22-36-47-19-35(50-36)26-8-11-30-29-10-7-24(16-31(29)44(45,46)32(30)17-26)25-9-12-33-34(18-25)52-40(51-33)39-27-5-4-6-28(15-27)54(39)38(56)21-49-42(58)60-3/h7-12,16-19,27-28,39H,4-6,13-15,20-23H2,1-3H3,(H,47,50)(H,48,57)(H,49,58)(H,51,52)/t27?,28?,39-/m0/s1. The van der Waals surface area contributed by atoms with E-state index in [1.807, 2.05) is 29.2 Å². The summed E-state index contributed by atoms with van der Waals surface area (Å²) in [6.45, 7) is 2.36. The van der Waals surface area contributed by atoms with Crippen LogP contribution in [0.3, 0.4) is 0 Å². The van der Waals surface area contributed by atoms with Gasteiger partial charge in [0.05, 0.1) is 49.7 Å². The van der Waals surface area contributed by atoms with Gasteiger partial charge in [-0.05, 0) is 90.0 Å². The van der Waals surface area contributed by atoms with E-state index < -0.39 is 18.1 Å². The largest absolute Gasteiger partial charge is 0.453 e. The Hall–Kier alpha value is -6.32. The average molecular weight is 821 g/mol. The van der Waals surface area contributed by atoms with E-state index in [1.54, 1.807) is 35.4 Å². The summed E-state index contributed by atoms with van der Waals surface area (Å²) < 4.78 is 42.2. The van der Waals surface area contributed by atoms with Crippen molar-refractivity contribution in [3.05, 3.63) is 83.6 Å². The number of benzene rings is 3. The number of aromatic amines is 2. The van der Waals surface area contributed by atoms with E-state index in [-0.39, 0.29) is 66.0 Å². The fraction of sp³-hybridized carbons (Fsp3) is 0.409. The molecule has 312 valence electrons. The van der Waals surface area contributed by atoms with Crippen LogP contribution in [0.1, 0.15) is 74.3 Å². The summed E-state index contributed by atoms with van der Waals surface area (Å²) in [6.07, 6.45) is 5.92. The molecule has 2 unspecified atom stereocenters. The minimum absolute atomic E-state index is 0.000844. The van der Waals surface area contributed by atoms with Gasteiger partial charge in [-0.2, -0.15) is 8.78 Å². The molecule has 0 spiro atoms. The monoisotopic (exact) mass is 820 g/mol. The minimum Gasteiger partial charge on any atom is -0.453 e. The molecule has 1 aliphatic heterocycles. The molecular weight excluding hydrogens is 775 g/mol. The zero-order chi connectivity index (χ0) is 41.9. The van der Waals surface area contributed by atoms with Gasteiger partial charge in [0.1, 0.15) is 24.7 Å². The quantitative estimate of drug-likeness (QED) is 0.110. The van der Waals surface area contributed by atoms with Gasteiger partial charge in [-0.3, -0.25) is 9.59 Å². The fourth-order valence-corrected chi connectivity index (χ4v) is 9.31. The third kappa shape index (κ3) is 7.21. The van der Waals surface area contributed by atoms with Crippen molar-refractivity contribution in [3.8, 4) is 33.5 Å². The molecule has 16 heteroatoms. The summed E-state index contributed by atoms with van der Waals surface area (Å²) in [5, 5.41) is 4.95. The van der Waals surface area contributed by atoms with Crippen LogP contribution >= 0.6 is 0 Å². The molecule has 4 N–H and O–H groups in total. The number of methoxy groups -OCH3 is 2. The van der Waals surface area contributed by atoms with Crippen molar-refractivity contribution in [2.24, 2.45) is 11.3 Å². The number of halogens is 2. The number of nitrogens with one attached hydrogen (secondary N) is 4. The first-order valence-electron chi connectivity index (χ1n) is 20.3. The van der Waals surface area contributed by atoms with Crippen molar-refractivity contribution < 1.29 is 37.4 Å². The van der Waals surface area contributed by atoms with Crippen molar-refractivity contribution in [2.75, 3.05) is 33.9 Å². The van der Waals surface area contributed by atoms with Gasteiger partial charge in [-0.25, -0.2) is 19.6 Å².